The quantitative estimate of drug-likeness (QED) is 0.858. The van der Waals surface area contributed by atoms with Gasteiger partial charge in [0.2, 0.25) is 0 Å². The Kier molecular flexibility index (Phi) is 4.30. The molecule has 2 aliphatic rings. The van der Waals surface area contributed by atoms with Crippen LogP contribution in [-0.2, 0) is 0 Å². The summed E-state index contributed by atoms with van der Waals surface area (Å²) in [6.45, 7) is 2.28. The molecule has 0 spiro atoms. The highest BCUT2D eigenvalue weighted by Crippen LogP contribution is 2.38. The van der Waals surface area contributed by atoms with Gasteiger partial charge < -0.3 is 9.84 Å². The second-order valence-electron chi connectivity index (χ2n) is 6.52. The second kappa shape index (κ2) is 6.17. The molecule has 1 unspecified atom stereocenters. The molecule has 0 bridgehead atoms. The number of benzene rings is 1. The van der Waals surface area contributed by atoms with Crippen molar-refractivity contribution >= 4 is 0 Å². The Labute approximate surface area is 122 Å². The standard InChI is InChI=1S/C18H26O2/c1-2-13-6-8-14(9-7-13)18(19)15-4-3-5-17(12-15)20-16-10-11-16/h3-5,12-14,16,18-19H,2,6-11H2,1H3. The normalized spacial score (nSPS) is 28.1. The van der Waals surface area contributed by atoms with E-state index >= 15 is 0 Å². The van der Waals surface area contributed by atoms with E-state index < -0.39 is 0 Å². The highest BCUT2D eigenvalue weighted by Gasteiger charge is 2.27. The van der Waals surface area contributed by atoms with Gasteiger partial charge in [-0.15, -0.1) is 0 Å². The summed E-state index contributed by atoms with van der Waals surface area (Å²) in [5.41, 5.74) is 1.03. The number of hydrogen-bond donors (Lipinski definition) is 1. The fourth-order valence-electron chi connectivity index (χ4n) is 3.33. The molecule has 1 atom stereocenters. The SMILES string of the molecule is CCC1CCC(C(O)c2cccc(OC3CC3)c2)CC1. The van der Waals surface area contributed by atoms with Gasteiger partial charge in [0.1, 0.15) is 5.75 Å². The maximum atomic E-state index is 10.6. The van der Waals surface area contributed by atoms with E-state index in [0.717, 1.165) is 30.1 Å². The maximum Gasteiger partial charge on any atom is 0.120 e. The van der Waals surface area contributed by atoms with Crippen LogP contribution in [0.2, 0.25) is 0 Å². The Morgan fingerprint density at radius 1 is 1.15 bits per heavy atom. The van der Waals surface area contributed by atoms with Crippen LogP contribution >= 0.6 is 0 Å². The van der Waals surface area contributed by atoms with Gasteiger partial charge in [-0.2, -0.15) is 0 Å². The first-order valence-corrected chi connectivity index (χ1v) is 8.21. The minimum Gasteiger partial charge on any atom is -0.490 e. The molecular formula is C18H26O2. The van der Waals surface area contributed by atoms with Crippen LogP contribution in [0.1, 0.15) is 63.5 Å². The first-order chi connectivity index (χ1) is 9.76. The van der Waals surface area contributed by atoms with Crippen LogP contribution in [0.4, 0.5) is 0 Å². The van der Waals surface area contributed by atoms with Gasteiger partial charge in [0.05, 0.1) is 12.2 Å². The molecule has 0 aromatic heterocycles. The number of rotatable bonds is 5. The largest absolute Gasteiger partial charge is 0.490 e. The van der Waals surface area contributed by atoms with Crippen molar-refractivity contribution in [2.45, 2.75) is 64.1 Å². The van der Waals surface area contributed by atoms with Gasteiger partial charge in [-0.25, -0.2) is 0 Å². The van der Waals surface area contributed by atoms with Gasteiger partial charge in [0, 0.05) is 0 Å². The molecule has 1 N–H and O–H groups in total. The first-order valence-electron chi connectivity index (χ1n) is 8.21. The van der Waals surface area contributed by atoms with E-state index in [1.165, 1.54) is 32.1 Å². The highest BCUT2D eigenvalue weighted by molar-refractivity contribution is 5.30. The molecular weight excluding hydrogens is 248 g/mol. The fraction of sp³-hybridized carbons (Fsp3) is 0.667. The van der Waals surface area contributed by atoms with Crippen molar-refractivity contribution in [3.63, 3.8) is 0 Å². The molecule has 2 fully saturated rings. The minimum atomic E-state index is -0.324. The van der Waals surface area contributed by atoms with E-state index in [-0.39, 0.29) is 6.10 Å². The Balaban J connectivity index is 1.62. The molecule has 3 rings (SSSR count). The lowest BCUT2D eigenvalue weighted by Gasteiger charge is -2.31. The number of hydrogen-bond acceptors (Lipinski definition) is 2. The minimum absolute atomic E-state index is 0.324. The molecule has 0 radical (unpaired) electrons. The summed E-state index contributed by atoms with van der Waals surface area (Å²) in [6, 6.07) is 8.09. The summed E-state index contributed by atoms with van der Waals surface area (Å²) in [7, 11) is 0. The molecule has 110 valence electrons. The van der Waals surface area contributed by atoms with Crippen molar-refractivity contribution in [1.29, 1.82) is 0 Å². The molecule has 0 amide bonds. The molecule has 1 aromatic carbocycles. The second-order valence-corrected chi connectivity index (χ2v) is 6.52. The molecule has 20 heavy (non-hydrogen) atoms. The van der Waals surface area contributed by atoms with Crippen LogP contribution in [-0.4, -0.2) is 11.2 Å². The predicted octanol–water partition coefficient (Wildman–Crippen LogP) is 4.48. The lowest BCUT2D eigenvalue weighted by molar-refractivity contribution is 0.0727. The number of aliphatic hydroxyl groups is 1. The Morgan fingerprint density at radius 2 is 1.90 bits per heavy atom. The lowest BCUT2D eigenvalue weighted by Crippen LogP contribution is -2.20. The summed E-state index contributed by atoms with van der Waals surface area (Å²) in [6.07, 6.45) is 8.60. The Hall–Kier alpha value is -1.02. The summed E-state index contributed by atoms with van der Waals surface area (Å²) in [5.74, 6) is 2.23. The predicted molar refractivity (Wildman–Crippen MR) is 80.8 cm³/mol. The summed E-state index contributed by atoms with van der Waals surface area (Å²) in [4.78, 5) is 0. The van der Waals surface area contributed by atoms with E-state index in [9.17, 15) is 5.11 Å². The molecule has 0 aliphatic heterocycles. The molecule has 1 aromatic rings. The average Bonchev–Trinajstić information content (AvgIpc) is 3.31. The van der Waals surface area contributed by atoms with Gasteiger partial charge >= 0.3 is 0 Å². The van der Waals surface area contributed by atoms with Gasteiger partial charge in [-0.05, 0) is 55.2 Å². The van der Waals surface area contributed by atoms with Crippen LogP contribution < -0.4 is 4.74 Å². The molecule has 2 saturated carbocycles. The number of ether oxygens (including phenoxy) is 1. The number of aliphatic hydroxyl groups excluding tert-OH is 1. The lowest BCUT2D eigenvalue weighted by atomic mass is 9.77. The zero-order valence-corrected chi connectivity index (χ0v) is 12.4. The zero-order valence-electron chi connectivity index (χ0n) is 12.4. The zero-order chi connectivity index (χ0) is 13.9. The fourth-order valence-corrected chi connectivity index (χ4v) is 3.33. The van der Waals surface area contributed by atoms with Gasteiger partial charge in [0.25, 0.3) is 0 Å². The first kappa shape index (κ1) is 13.9. The van der Waals surface area contributed by atoms with Crippen molar-refractivity contribution in [2.24, 2.45) is 11.8 Å². The van der Waals surface area contributed by atoms with Crippen molar-refractivity contribution in [1.82, 2.24) is 0 Å². The third-order valence-electron chi connectivity index (χ3n) is 4.94. The maximum absolute atomic E-state index is 10.6. The Morgan fingerprint density at radius 3 is 2.55 bits per heavy atom. The smallest absolute Gasteiger partial charge is 0.120 e. The van der Waals surface area contributed by atoms with Crippen LogP contribution in [0.3, 0.4) is 0 Å². The van der Waals surface area contributed by atoms with E-state index in [4.69, 9.17) is 4.74 Å². The van der Waals surface area contributed by atoms with Crippen LogP contribution in [0, 0.1) is 11.8 Å². The van der Waals surface area contributed by atoms with Crippen LogP contribution in [0.5, 0.6) is 5.75 Å². The third kappa shape index (κ3) is 3.35. The average molecular weight is 274 g/mol. The van der Waals surface area contributed by atoms with Crippen molar-refractivity contribution in [3.05, 3.63) is 29.8 Å². The van der Waals surface area contributed by atoms with E-state index in [0.29, 0.717) is 12.0 Å². The van der Waals surface area contributed by atoms with Crippen LogP contribution in [0.15, 0.2) is 24.3 Å². The summed E-state index contributed by atoms with van der Waals surface area (Å²) < 4.78 is 5.83. The van der Waals surface area contributed by atoms with Gasteiger partial charge in [-0.3, -0.25) is 0 Å². The molecule has 2 nitrogen and oxygen atoms in total. The van der Waals surface area contributed by atoms with E-state index in [1.54, 1.807) is 0 Å². The summed E-state index contributed by atoms with van der Waals surface area (Å²) >= 11 is 0. The third-order valence-corrected chi connectivity index (χ3v) is 4.94. The van der Waals surface area contributed by atoms with E-state index in [2.05, 4.69) is 6.92 Å². The molecule has 0 saturated heterocycles. The van der Waals surface area contributed by atoms with Crippen molar-refractivity contribution < 1.29 is 9.84 Å². The molecule has 2 aliphatic carbocycles. The molecule has 0 heterocycles. The topological polar surface area (TPSA) is 29.5 Å². The van der Waals surface area contributed by atoms with Gasteiger partial charge in [0.15, 0.2) is 0 Å². The van der Waals surface area contributed by atoms with Crippen molar-refractivity contribution in [3.8, 4) is 5.75 Å². The summed E-state index contributed by atoms with van der Waals surface area (Å²) in [5, 5.41) is 10.6. The van der Waals surface area contributed by atoms with E-state index in [1.807, 2.05) is 24.3 Å². The van der Waals surface area contributed by atoms with Gasteiger partial charge in [-0.1, -0.05) is 38.3 Å². The van der Waals surface area contributed by atoms with Crippen molar-refractivity contribution in [2.75, 3.05) is 0 Å². The molecule has 2 heteroatoms. The van der Waals surface area contributed by atoms with Crippen LogP contribution in [0.25, 0.3) is 0 Å². The Bertz CT molecular complexity index is 431. The highest BCUT2D eigenvalue weighted by atomic mass is 16.5. The monoisotopic (exact) mass is 274 g/mol.